The molecule has 1 aromatic carbocycles. The summed E-state index contributed by atoms with van der Waals surface area (Å²) in [6, 6.07) is 13.2. The number of thioether (sulfide) groups is 1. The summed E-state index contributed by atoms with van der Waals surface area (Å²) in [5.74, 6) is 2.41. The van der Waals surface area contributed by atoms with Gasteiger partial charge in [-0.15, -0.1) is 10.2 Å². The first-order valence-corrected chi connectivity index (χ1v) is 11.3. The highest BCUT2D eigenvalue weighted by molar-refractivity contribution is 7.99. The summed E-state index contributed by atoms with van der Waals surface area (Å²) in [6.45, 7) is 4.24. The summed E-state index contributed by atoms with van der Waals surface area (Å²) in [6.07, 6.45) is 3.42. The summed E-state index contributed by atoms with van der Waals surface area (Å²) < 4.78 is 7.51. The molecule has 0 aliphatic heterocycles. The van der Waals surface area contributed by atoms with Crippen LogP contribution in [0.5, 0.6) is 0 Å². The Balaban J connectivity index is 1.60. The molecule has 0 unspecified atom stereocenters. The molecule has 0 saturated carbocycles. The lowest BCUT2D eigenvalue weighted by Crippen LogP contribution is -2.27. The highest BCUT2D eigenvalue weighted by Crippen LogP contribution is 2.31. The molecule has 0 saturated heterocycles. The molecule has 0 fully saturated rings. The Morgan fingerprint density at radius 2 is 1.91 bits per heavy atom. The van der Waals surface area contributed by atoms with E-state index in [0.717, 1.165) is 28.3 Å². The standard InChI is InChI=1S/C23H22ClN5O2S/c1-15-7-8-18(31-15)13-28(3)21(30)14-32-23-27-26-22(17-9-11-25-12-10-17)29(23)20-6-4-5-19(24)16(20)2/h4-12H,13-14H2,1-3H3. The van der Waals surface area contributed by atoms with E-state index in [9.17, 15) is 4.79 Å². The van der Waals surface area contributed by atoms with Crippen LogP contribution in [0.25, 0.3) is 17.1 Å². The number of halogens is 1. The third-order valence-corrected chi connectivity index (χ3v) is 6.31. The Kier molecular flexibility index (Phi) is 6.62. The van der Waals surface area contributed by atoms with E-state index < -0.39 is 0 Å². The van der Waals surface area contributed by atoms with Crippen LogP contribution in [-0.2, 0) is 11.3 Å². The van der Waals surface area contributed by atoms with Gasteiger partial charge in [-0.2, -0.15) is 0 Å². The Labute approximate surface area is 195 Å². The number of benzene rings is 1. The molecule has 0 aliphatic rings. The van der Waals surface area contributed by atoms with Crippen molar-refractivity contribution < 1.29 is 9.21 Å². The number of furan rings is 1. The highest BCUT2D eigenvalue weighted by atomic mass is 35.5. The fourth-order valence-corrected chi connectivity index (χ4v) is 4.29. The summed E-state index contributed by atoms with van der Waals surface area (Å²) in [4.78, 5) is 18.5. The summed E-state index contributed by atoms with van der Waals surface area (Å²) in [7, 11) is 1.76. The van der Waals surface area contributed by atoms with Gasteiger partial charge in [-0.3, -0.25) is 14.3 Å². The first-order valence-electron chi connectivity index (χ1n) is 9.97. The van der Waals surface area contributed by atoms with Gasteiger partial charge < -0.3 is 9.32 Å². The number of aryl methyl sites for hydroxylation is 1. The number of nitrogens with zero attached hydrogens (tertiary/aromatic N) is 5. The van der Waals surface area contributed by atoms with Crippen LogP contribution in [-0.4, -0.2) is 43.4 Å². The number of hydrogen-bond acceptors (Lipinski definition) is 6. The van der Waals surface area contributed by atoms with Crippen molar-refractivity contribution in [3.8, 4) is 17.1 Å². The van der Waals surface area contributed by atoms with Crippen LogP contribution in [0.2, 0.25) is 5.02 Å². The average Bonchev–Trinajstić information content (AvgIpc) is 3.40. The number of pyridine rings is 1. The quantitative estimate of drug-likeness (QED) is 0.358. The molecule has 164 valence electrons. The number of rotatable bonds is 7. The molecule has 0 radical (unpaired) electrons. The van der Waals surface area contributed by atoms with Crippen molar-refractivity contribution >= 4 is 29.3 Å². The minimum absolute atomic E-state index is 0.0353. The summed E-state index contributed by atoms with van der Waals surface area (Å²) in [5.41, 5.74) is 2.64. The molecule has 1 amide bonds. The van der Waals surface area contributed by atoms with Crippen LogP contribution < -0.4 is 0 Å². The molecule has 32 heavy (non-hydrogen) atoms. The zero-order valence-corrected chi connectivity index (χ0v) is 19.5. The van der Waals surface area contributed by atoms with Gasteiger partial charge in [-0.05, 0) is 55.8 Å². The Morgan fingerprint density at radius 1 is 1.12 bits per heavy atom. The summed E-state index contributed by atoms with van der Waals surface area (Å²) in [5, 5.41) is 10.0. The van der Waals surface area contributed by atoms with Crippen LogP contribution in [0.3, 0.4) is 0 Å². The van der Waals surface area contributed by atoms with Gasteiger partial charge in [-0.25, -0.2) is 0 Å². The fraction of sp³-hybridized carbons (Fsp3) is 0.217. The van der Waals surface area contributed by atoms with Crippen LogP contribution in [0.15, 0.2) is 64.4 Å². The smallest absolute Gasteiger partial charge is 0.233 e. The minimum Gasteiger partial charge on any atom is -0.464 e. The van der Waals surface area contributed by atoms with E-state index in [-0.39, 0.29) is 11.7 Å². The van der Waals surface area contributed by atoms with E-state index in [4.69, 9.17) is 16.0 Å². The highest BCUT2D eigenvalue weighted by Gasteiger charge is 2.20. The lowest BCUT2D eigenvalue weighted by Gasteiger charge is -2.16. The number of carbonyl (C=O) groups excluding carboxylic acids is 1. The van der Waals surface area contributed by atoms with Gasteiger partial charge in [-0.1, -0.05) is 29.4 Å². The monoisotopic (exact) mass is 467 g/mol. The van der Waals surface area contributed by atoms with E-state index in [2.05, 4.69) is 15.2 Å². The molecule has 0 N–H and O–H groups in total. The molecule has 0 spiro atoms. The van der Waals surface area contributed by atoms with E-state index in [1.54, 1.807) is 24.3 Å². The first-order chi connectivity index (χ1) is 15.4. The van der Waals surface area contributed by atoms with Crippen molar-refractivity contribution in [2.75, 3.05) is 12.8 Å². The number of aromatic nitrogens is 4. The van der Waals surface area contributed by atoms with Crippen LogP contribution >= 0.6 is 23.4 Å². The normalized spacial score (nSPS) is 11.0. The zero-order chi connectivity index (χ0) is 22.7. The second kappa shape index (κ2) is 9.58. The van der Waals surface area contributed by atoms with Crippen molar-refractivity contribution in [1.29, 1.82) is 0 Å². The molecular weight excluding hydrogens is 446 g/mol. The molecule has 0 atom stereocenters. The van der Waals surface area contributed by atoms with E-state index in [1.807, 2.05) is 60.9 Å². The number of amides is 1. The van der Waals surface area contributed by atoms with Crippen molar-refractivity contribution in [2.45, 2.75) is 25.5 Å². The molecule has 7 nitrogen and oxygen atoms in total. The van der Waals surface area contributed by atoms with Gasteiger partial charge in [0.25, 0.3) is 0 Å². The Morgan fingerprint density at radius 3 is 2.62 bits per heavy atom. The van der Waals surface area contributed by atoms with Crippen LogP contribution in [0, 0.1) is 13.8 Å². The predicted molar refractivity (Wildman–Crippen MR) is 125 cm³/mol. The van der Waals surface area contributed by atoms with Gasteiger partial charge in [0.15, 0.2) is 11.0 Å². The first kappa shape index (κ1) is 22.1. The molecule has 4 aromatic rings. The fourth-order valence-electron chi connectivity index (χ4n) is 3.24. The van der Waals surface area contributed by atoms with Crippen molar-refractivity contribution in [3.05, 3.63) is 77.0 Å². The van der Waals surface area contributed by atoms with Gasteiger partial charge in [0.1, 0.15) is 11.5 Å². The third-order valence-electron chi connectivity index (χ3n) is 4.99. The lowest BCUT2D eigenvalue weighted by molar-refractivity contribution is -0.127. The van der Waals surface area contributed by atoms with Gasteiger partial charge >= 0.3 is 0 Å². The van der Waals surface area contributed by atoms with Crippen molar-refractivity contribution in [1.82, 2.24) is 24.6 Å². The largest absolute Gasteiger partial charge is 0.464 e. The van der Waals surface area contributed by atoms with Crippen molar-refractivity contribution in [2.24, 2.45) is 0 Å². The van der Waals surface area contributed by atoms with Gasteiger partial charge in [0.2, 0.25) is 5.91 Å². The molecule has 3 aromatic heterocycles. The second-order valence-electron chi connectivity index (χ2n) is 7.31. The topological polar surface area (TPSA) is 77.1 Å². The van der Waals surface area contributed by atoms with Crippen molar-refractivity contribution in [3.63, 3.8) is 0 Å². The van der Waals surface area contributed by atoms with Gasteiger partial charge in [0.05, 0.1) is 18.0 Å². The molecule has 0 bridgehead atoms. The zero-order valence-electron chi connectivity index (χ0n) is 17.9. The Bertz CT molecular complexity index is 1240. The van der Waals surface area contributed by atoms with E-state index >= 15 is 0 Å². The second-order valence-corrected chi connectivity index (χ2v) is 8.66. The maximum Gasteiger partial charge on any atom is 0.233 e. The maximum absolute atomic E-state index is 12.7. The van der Waals surface area contributed by atoms with E-state index in [1.165, 1.54) is 11.8 Å². The molecule has 0 aliphatic carbocycles. The van der Waals surface area contributed by atoms with Crippen LogP contribution in [0.4, 0.5) is 0 Å². The SMILES string of the molecule is Cc1ccc(CN(C)C(=O)CSc2nnc(-c3ccncc3)n2-c2cccc(Cl)c2C)o1. The van der Waals surface area contributed by atoms with E-state index in [0.29, 0.717) is 22.5 Å². The average molecular weight is 468 g/mol. The number of carbonyl (C=O) groups is 1. The van der Waals surface area contributed by atoms with Crippen LogP contribution in [0.1, 0.15) is 17.1 Å². The summed E-state index contributed by atoms with van der Waals surface area (Å²) >= 11 is 7.72. The Hall–Kier alpha value is -3.10. The number of hydrogen-bond donors (Lipinski definition) is 0. The minimum atomic E-state index is -0.0353. The lowest BCUT2D eigenvalue weighted by atomic mass is 10.2. The third kappa shape index (κ3) is 4.71. The molecule has 4 rings (SSSR count). The predicted octanol–water partition coefficient (Wildman–Crippen LogP) is 4.94. The van der Waals surface area contributed by atoms with Gasteiger partial charge in [0, 0.05) is 30.0 Å². The molecule has 9 heteroatoms. The molecular formula is C23H22ClN5O2S. The maximum atomic E-state index is 12.7. The molecule has 3 heterocycles.